The van der Waals surface area contributed by atoms with E-state index >= 15 is 0 Å². The van der Waals surface area contributed by atoms with E-state index in [1.807, 2.05) is 12.1 Å². The van der Waals surface area contributed by atoms with Crippen LogP contribution in [0.3, 0.4) is 0 Å². The number of benzene rings is 1. The number of rotatable bonds is 0. The van der Waals surface area contributed by atoms with Gasteiger partial charge in [-0.15, -0.1) is 11.3 Å². The lowest BCUT2D eigenvalue weighted by molar-refractivity contribution is 1.75. The lowest BCUT2D eigenvalue weighted by Gasteiger charge is -1.95. The Hall–Kier alpha value is -0.540. The van der Waals surface area contributed by atoms with E-state index in [9.17, 15) is 0 Å². The molecule has 1 nitrogen and oxygen atoms in total. The van der Waals surface area contributed by atoms with Gasteiger partial charge in [-0.1, -0.05) is 0 Å². The van der Waals surface area contributed by atoms with Crippen molar-refractivity contribution in [1.82, 2.24) is 0 Å². The molecule has 0 fully saturated rings. The van der Waals surface area contributed by atoms with Gasteiger partial charge in [0.1, 0.15) is 0 Å². The zero-order valence-corrected chi connectivity index (χ0v) is 8.08. The molecule has 11 heavy (non-hydrogen) atoms. The third-order valence-electron chi connectivity index (χ3n) is 1.53. The minimum atomic E-state index is 0.808. The Kier molecular flexibility index (Phi) is 1.62. The lowest BCUT2D eigenvalue weighted by Crippen LogP contribution is -1.82. The molecule has 0 aliphatic rings. The maximum Gasteiger partial charge on any atom is 0.0486 e. The van der Waals surface area contributed by atoms with Gasteiger partial charge in [0.2, 0.25) is 0 Å². The topological polar surface area (TPSA) is 26.0 Å². The van der Waals surface area contributed by atoms with E-state index in [0.717, 1.165) is 10.2 Å². The molecular formula is C8H6BrNS. The molecule has 2 aromatic rings. The quantitative estimate of drug-likeness (QED) is 0.688. The molecule has 0 bridgehead atoms. The number of nitrogen functional groups attached to an aromatic ring is 1. The van der Waals surface area contributed by atoms with Crippen LogP contribution in [0, 0.1) is 0 Å². The Bertz CT molecular complexity index is 394. The first-order valence-corrected chi connectivity index (χ1v) is 4.87. The molecule has 0 aliphatic heterocycles. The minimum Gasteiger partial charge on any atom is -0.399 e. The van der Waals surface area contributed by atoms with Crippen LogP contribution >= 0.6 is 27.3 Å². The van der Waals surface area contributed by atoms with Crippen LogP contribution in [0.25, 0.3) is 10.1 Å². The van der Waals surface area contributed by atoms with Crippen molar-refractivity contribution in [3.05, 3.63) is 28.1 Å². The number of fused-ring (bicyclic) bond motifs is 1. The van der Waals surface area contributed by atoms with Crippen LogP contribution in [0.4, 0.5) is 5.69 Å². The maximum atomic E-state index is 5.66. The smallest absolute Gasteiger partial charge is 0.0486 e. The van der Waals surface area contributed by atoms with Crippen LogP contribution in [0.1, 0.15) is 0 Å². The van der Waals surface area contributed by atoms with E-state index in [2.05, 4.69) is 27.4 Å². The van der Waals surface area contributed by atoms with Crippen molar-refractivity contribution in [2.75, 3.05) is 5.73 Å². The molecule has 0 aliphatic carbocycles. The predicted molar refractivity (Wildman–Crippen MR) is 53.9 cm³/mol. The van der Waals surface area contributed by atoms with Crippen molar-refractivity contribution in [3.8, 4) is 0 Å². The molecular weight excluding hydrogens is 222 g/mol. The summed E-state index contributed by atoms with van der Waals surface area (Å²) in [6.45, 7) is 0. The fourth-order valence-corrected chi connectivity index (χ4v) is 2.62. The Morgan fingerprint density at radius 1 is 1.36 bits per heavy atom. The van der Waals surface area contributed by atoms with Gasteiger partial charge in [-0.25, -0.2) is 0 Å². The molecule has 0 saturated carbocycles. The highest BCUT2D eigenvalue weighted by Gasteiger charge is 1.99. The predicted octanol–water partition coefficient (Wildman–Crippen LogP) is 3.25. The summed E-state index contributed by atoms with van der Waals surface area (Å²) < 4.78 is 2.35. The van der Waals surface area contributed by atoms with E-state index in [0.29, 0.717) is 0 Å². The fraction of sp³-hybridized carbons (Fsp3) is 0. The number of halogens is 1. The van der Waals surface area contributed by atoms with Crippen molar-refractivity contribution < 1.29 is 0 Å². The fourth-order valence-electron chi connectivity index (χ4n) is 1.06. The molecule has 0 unspecified atom stereocenters. The van der Waals surface area contributed by atoms with Crippen molar-refractivity contribution in [2.45, 2.75) is 0 Å². The van der Waals surface area contributed by atoms with E-state index < -0.39 is 0 Å². The van der Waals surface area contributed by atoms with Gasteiger partial charge in [-0.3, -0.25) is 0 Å². The van der Waals surface area contributed by atoms with Gasteiger partial charge < -0.3 is 5.73 Å². The Balaban J connectivity index is 2.91. The highest BCUT2D eigenvalue weighted by molar-refractivity contribution is 9.10. The summed E-state index contributed by atoms with van der Waals surface area (Å²) in [7, 11) is 0. The highest BCUT2D eigenvalue weighted by Crippen LogP contribution is 2.30. The number of nitrogens with two attached hydrogens (primary N) is 1. The zero-order chi connectivity index (χ0) is 7.84. The monoisotopic (exact) mass is 227 g/mol. The molecule has 0 radical (unpaired) electrons. The van der Waals surface area contributed by atoms with Gasteiger partial charge in [-0.2, -0.15) is 0 Å². The highest BCUT2D eigenvalue weighted by atomic mass is 79.9. The second kappa shape index (κ2) is 2.50. The second-order valence-electron chi connectivity index (χ2n) is 2.34. The van der Waals surface area contributed by atoms with Crippen molar-refractivity contribution in [1.29, 1.82) is 0 Å². The normalized spacial score (nSPS) is 10.6. The first-order valence-electron chi connectivity index (χ1n) is 3.19. The number of anilines is 1. The van der Waals surface area contributed by atoms with E-state index in [4.69, 9.17) is 5.73 Å². The van der Waals surface area contributed by atoms with Gasteiger partial charge in [0.05, 0.1) is 0 Å². The van der Waals surface area contributed by atoms with Crippen molar-refractivity contribution in [3.63, 3.8) is 0 Å². The second-order valence-corrected chi connectivity index (χ2v) is 4.11. The number of thiophene rings is 1. The number of hydrogen-bond acceptors (Lipinski definition) is 2. The maximum absolute atomic E-state index is 5.66. The average molecular weight is 228 g/mol. The summed E-state index contributed by atoms with van der Waals surface area (Å²) >= 11 is 5.18. The molecule has 1 aromatic heterocycles. The third kappa shape index (κ3) is 1.14. The van der Waals surface area contributed by atoms with Gasteiger partial charge in [0.25, 0.3) is 0 Å². The molecule has 56 valence electrons. The third-order valence-corrected chi connectivity index (χ3v) is 3.38. The Labute approximate surface area is 77.0 Å². The first kappa shape index (κ1) is 7.13. The Morgan fingerprint density at radius 2 is 2.18 bits per heavy atom. The molecule has 1 heterocycles. The SMILES string of the molecule is Nc1cc(Br)c2sccc2c1. The van der Waals surface area contributed by atoms with Gasteiger partial charge in [-0.05, 0) is 44.9 Å². The largest absolute Gasteiger partial charge is 0.399 e. The standard InChI is InChI=1S/C8H6BrNS/c9-7-4-6(10)3-5-1-2-11-8(5)7/h1-4H,10H2. The van der Waals surface area contributed by atoms with E-state index in [1.54, 1.807) is 11.3 Å². The minimum absolute atomic E-state index is 0.808. The summed E-state index contributed by atoms with van der Waals surface area (Å²) in [5.74, 6) is 0. The van der Waals surface area contributed by atoms with Crippen LogP contribution in [0.5, 0.6) is 0 Å². The van der Waals surface area contributed by atoms with Crippen LogP contribution in [0.15, 0.2) is 28.1 Å². The summed E-state index contributed by atoms with van der Waals surface area (Å²) in [6, 6.07) is 5.98. The summed E-state index contributed by atoms with van der Waals surface area (Å²) in [5, 5.41) is 3.27. The molecule has 1 aromatic carbocycles. The Morgan fingerprint density at radius 3 is 3.00 bits per heavy atom. The van der Waals surface area contributed by atoms with Crippen LogP contribution in [-0.4, -0.2) is 0 Å². The van der Waals surface area contributed by atoms with Crippen molar-refractivity contribution in [2.24, 2.45) is 0 Å². The first-order chi connectivity index (χ1) is 5.27. The van der Waals surface area contributed by atoms with E-state index in [1.165, 1.54) is 10.1 Å². The lowest BCUT2D eigenvalue weighted by atomic mass is 10.2. The summed E-state index contributed by atoms with van der Waals surface area (Å²) in [4.78, 5) is 0. The molecule has 0 atom stereocenters. The van der Waals surface area contributed by atoms with Gasteiger partial charge >= 0.3 is 0 Å². The number of hydrogen-bond donors (Lipinski definition) is 1. The molecule has 0 spiro atoms. The molecule has 3 heteroatoms. The zero-order valence-electron chi connectivity index (χ0n) is 5.67. The van der Waals surface area contributed by atoms with Crippen LogP contribution < -0.4 is 5.73 Å². The van der Waals surface area contributed by atoms with Gasteiger partial charge in [0.15, 0.2) is 0 Å². The van der Waals surface area contributed by atoms with E-state index in [-0.39, 0.29) is 0 Å². The molecule has 0 amide bonds. The van der Waals surface area contributed by atoms with Crippen LogP contribution in [0.2, 0.25) is 0 Å². The van der Waals surface area contributed by atoms with Crippen LogP contribution in [-0.2, 0) is 0 Å². The van der Waals surface area contributed by atoms with Crippen molar-refractivity contribution >= 4 is 43.0 Å². The molecule has 2 rings (SSSR count). The molecule has 0 saturated heterocycles. The summed E-state index contributed by atoms with van der Waals surface area (Å²) in [6.07, 6.45) is 0. The molecule has 2 N–H and O–H groups in total. The summed E-state index contributed by atoms with van der Waals surface area (Å²) in [5.41, 5.74) is 6.47. The van der Waals surface area contributed by atoms with Gasteiger partial charge in [0, 0.05) is 14.9 Å². The average Bonchev–Trinajstić information content (AvgIpc) is 2.34.